The average Bonchev–Trinajstić information content (AvgIpc) is 3.26. The topological polar surface area (TPSA) is 108 Å². The van der Waals surface area contributed by atoms with Crippen LogP contribution in [-0.4, -0.2) is 49.4 Å². The summed E-state index contributed by atoms with van der Waals surface area (Å²) >= 11 is 0. The number of benzene rings is 2. The third-order valence-corrected chi connectivity index (χ3v) is 6.17. The summed E-state index contributed by atoms with van der Waals surface area (Å²) in [5, 5.41) is 5.57. The summed E-state index contributed by atoms with van der Waals surface area (Å²) in [6, 6.07) is 13.5. The molecule has 0 radical (unpaired) electrons. The highest BCUT2D eigenvalue weighted by Crippen LogP contribution is 2.35. The van der Waals surface area contributed by atoms with E-state index in [0.717, 1.165) is 5.56 Å². The first kappa shape index (κ1) is 24.5. The van der Waals surface area contributed by atoms with E-state index in [1.165, 1.54) is 12.4 Å². The van der Waals surface area contributed by atoms with E-state index in [4.69, 9.17) is 20.3 Å². The Bertz CT molecular complexity index is 1420. The number of nitrogens with two attached hydrogens (primary N) is 1. The highest BCUT2D eigenvalue weighted by molar-refractivity contribution is 5.98. The summed E-state index contributed by atoms with van der Waals surface area (Å²) in [5.41, 5.74) is 7.83. The number of nitrogen functional groups attached to an aromatic ring is 1. The molecular weight excluding hydrogens is 475 g/mol. The highest BCUT2D eigenvalue weighted by Gasteiger charge is 2.30. The molecule has 1 fully saturated rings. The maximum absolute atomic E-state index is 14.0. The predicted octanol–water partition coefficient (Wildman–Crippen LogP) is 5.58. The van der Waals surface area contributed by atoms with Crippen molar-refractivity contribution in [2.24, 2.45) is 0 Å². The first-order valence-corrected chi connectivity index (χ1v) is 12.2. The lowest BCUT2D eigenvalue weighted by Gasteiger charge is -2.33. The van der Waals surface area contributed by atoms with Crippen molar-refractivity contribution < 1.29 is 18.7 Å². The molecule has 1 amide bonds. The van der Waals surface area contributed by atoms with Gasteiger partial charge in [-0.1, -0.05) is 12.1 Å². The Balaban J connectivity index is 1.39. The van der Waals surface area contributed by atoms with Crippen LogP contribution in [0.5, 0.6) is 11.5 Å². The number of rotatable bonds is 4. The van der Waals surface area contributed by atoms with Gasteiger partial charge in [0.1, 0.15) is 29.2 Å². The number of aromatic nitrogens is 4. The van der Waals surface area contributed by atoms with E-state index in [-0.39, 0.29) is 17.9 Å². The summed E-state index contributed by atoms with van der Waals surface area (Å²) < 4.78 is 27.0. The Kier molecular flexibility index (Phi) is 6.41. The number of carbonyl (C=O) groups is 1. The standard InChI is InChI=1S/C27H29FN6O3/c1-27(2,3)37-26(35)33-14-12-18(13-15-33)34-25-22(24(29)30-16-31-25)23(32-34)17-8-10-19(11-9-17)36-21-7-5-4-6-20(21)28/h4-11,16,18H,12-15H2,1-3H3,(H2,29,30,31). The number of ether oxygens (including phenoxy) is 2. The number of nitrogens with zero attached hydrogens (tertiary/aromatic N) is 5. The molecule has 0 aliphatic carbocycles. The summed E-state index contributed by atoms with van der Waals surface area (Å²) in [7, 11) is 0. The number of likely N-dealkylation sites (tertiary alicyclic amines) is 1. The quantitative estimate of drug-likeness (QED) is 0.386. The summed E-state index contributed by atoms with van der Waals surface area (Å²) in [6.07, 6.45) is 2.53. The molecule has 3 heterocycles. The average molecular weight is 505 g/mol. The number of anilines is 1. The highest BCUT2D eigenvalue weighted by atomic mass is 19.1. The molecule has 1 saturated heterocycles. The molecule has 4 aromatic rings. The monoisotopic (exact) mass is 504 g/mol. The van der Waals surface area contributed by atoms with Crippen LogP contribution in [-0.2, 0) is 4.74 Å². The number of para-hydroxylation sites is 1. The van der Waals surface area contributed by atoms with Gasteiger partial charge in [-0.25, -0.2) is 23.8 Å². The number of carbonyl (C=O) groups excluding carboxylic acids is 1. The van der Waals surface area contributed by atoms with Crippen LogP contribution in [0.4, 0.5) is 15.0 Å². The van der Waals surface area contributed by atoms with Crippen molar-refractivity contribution in [3.63, 3.8) is 0 Å². The van der Waals surface area contributed by atoms with Gasteiger partial charge in [-0.05, 0) is 70.0 Å². The normalized spacial score (nSPS) is 14.6. The summed E-state index contributed by atoms with van der Waals surface area (Å²) in [4.78, 5) is 22.9. The van der Waals surface area contributed by atoms with Crippen molar-refractivity contribution in [3.8, 4) is 22.8 Å². The second-order valence-electron chi connectivity index (χ2n) is 10.0. The number of halogens is 1. The van der Waals surface area contributed by atoms with Crippen LogP contribution in [0.2, 0.25) is 0 Å². The van der Waals surface area contributed by atoms with Crippen LogP contribution in [0.1, 0.15) is 39.7 Å². The molecule has 1 aliphatic rings. The molecule has 37 heavy (non-hydrogen) atoms. The Morgan fingerprint density at radius 1 is 1.05 bits per heavy atom. The third-order valence-electron chi connectivity index (χ3n) is 6.17. The van der Waals surface area contributed by atoms with Crippen LogP contribution >= 0.6 is 0 Å². The number of hydrogen-bond donors (Lipinski definition) is 1. The largest absolute Gasteiger partial charge is 0.454 e. The maximum atomic E-state index is 14.0. The first-order chi connectivity index (χ1) is 17.7. The van der Waals surface area contributed by atoms with Crippen molar-refractivity contribution >= 4 is 22.9 Å². The Morgan fingerprint density at radius 2 is 1.76 bits per heavy atom. The molecular formula is C27H29FN6O3. The van der Waals surface area contributed by atoms with Crippen molar-refractivity contribution in [2.75, 3.05) is 18.8 Å². The minimum atomic E-state index is -0.536. The molecule has 1 aliphatic heterocycles. The van der Waals surface area contributed by atoms with E-state index in [1.807, 2.05) is 37.6 Å². The van der Waals surface area contributed by atoms with Gasteiger partial charge in [0.15, 0.2) is 17.2 Å². The second-order valence-corrected chi connectivity index (χ2v) is 10.0. The van der Waals surface area contributed by atoms with Crippen molar-refractivity contribution in [3.05, 3.63) is 60.7 Å². The van der Waals surface area contributed by atoms with Crippen LogP contribution < -0.4 is 10.5 Å². The SMILES string of the molecule is CC(C)(C)OC(=O)N1CCC(n2nc(-c3ccc(Oc4ccccc4F)cc3)c3c(N)ncnc32)CC1. The molecule has 5 rings (SSSR count). The smallest absolute Gasteiger partial charge is 0.410 e. The number of hydrogen-bond acceptors (Lipinski definition) is 7. The van der Waals surface area contributed by atoms with Crippen molar-refractivity contribution in [2.45, 2.75) is 45.3 Å². The lowest BCUT2D eigenvalue weighted by molar-refractivity contribution is 0.0186. The van der Waals surface area contributed by atoms with Crippen LogP contribution in [0.15, 0.2) is 54.9 Å². The van der Waals surface area contributed by atoms with Gasteiger partial charge in [0.2, 0.25) is 0 Å². The van der Waals surface area contributed by atoms with E-state index < -0.39 is 11.4 Å². The molecule has 192 valence electrons. The Labute approximate surface area is 214 Å². The molecule has 10 heteroatoms. The fraction of sp³-hybridized carbons (Fsp3) is 0.333. The lowest BCUT2D eigenvalue weighted by Crippen LogP contribution is -2.42. The van der Waals surface area contributed by atoms with Gasteiger partial charge in [-0.2, -0.15) is 5.10 Å². The lowest BCUT2D eigenvalue weighted by atomic mass is 10.1. The van der Waals surface area contributed by atoms with Gasteiger partial charge in [0.05, 0.1) is 11.4 Å². The van der Waals surface area contributed by atoms with Gasteiger partial charge in [-0.3, -0.25) is 0 Å². The van der Waals surface area contributed by atoms with Gasteiger partial charge in [0.25, 0.3) is 0 Å². The molecule has 0 atom stereocenters. The molecule has 2 aromatic heterocycles. The number of amides is 1. The predicted molar refractivity (Wildman–Crippen MR) is 138 cm³/mol. The fourth-order valence-electron chi connectivity index (χ4n) is 4.41. The van der Waals surface area contributed by atoms with Gasteiger partial charge >= 0.3 is 6.09 Å². The zero-order valence-corrected chi connectivity index (χ0v) is 21.0. The maximum Gasteiger partial charge on any atom is 0.410 e. The third kappa shape index (κ3) is 5.18. The molecule has 9 nitrogen and oxygen atoms in total. The fourth-order valence-corrected chi connectivity index (χ4v) is 4.41. The molecule has 2 N–H and O–H groups in total. The zero-order chi connectivity index (χ0) is 26.2. The van der Waals surface area contributed by atoms with E-state index in [1.54, 1.807) is 35.2 Å². The Morgan fingerprint density at radius 3 is 2.43 bits per heavy atom. The van der Waals surface area contributed by atoms with Crippen LogP contribution in [0, 0.1) is 5.82 Å². The minimum absolute atomic E-state index is 0.0351. The van der Waals surface area contributed by atoms with E-state index in [9.17, 15) is 9.18 Å². The molecule has 2 aromatic carbocycles. The van der Waals surface area contributed by atoms with Crippen molar-refractivity contribution in [1.29, 1.82) is 0 Å². The number of piperidine rings is 1. The van der Waals surface area contributed by atoms with Gasteiger partial charge in [0, 0.05) is 18.7 Å². The van der Waals surface area contributed by atoms with Gasteiger partial charge in [-0.15, -0.1) is 0 Å². The molecule has 0 bridgehead atoms. The van der Waals surface area contributed by atoms with E-state index >= 15 is 0 Å². The first-order valence-electron chi connectivity index (χ1n) is 12.2. The van der Waals surface area contributed by atoms with Crippen molar-refractivity contribution in [1.82, 2.24) is 24.6 Å². The van der Waals surface area contributed by atoms with E-state index in [0.29, 0.717) is 54.2 Å². The Hall–Kier alpha value is -4.21. The molecule has 0 unspecified atom stereocenters. The molecule has 0 saturated carbocycles. The van der Waals surface area contributed by atoms with Crippen LogP contribution in [0.3, 0.4) is 0 Å². The summed E-state index contributed by atoms with van der Waals surface area (Å²) in [5.74, 6) is 0.555. The van der Waals surface area contributed by atoms with Crippen LogP contribution in [0.25, 0.3) is 22.3 Å². The summed E-state index contributed by atoms with van der Waals surface area (Å²) in [6.45, 7) is 6.69. The molecule has 0 spiro atoms. The van der Waals surface area contributed by atoms with Gasteiger partial charge < -0.3 is 20.1 Å². The van der Waals surface area contributed by atoms with E-state index in [2.05, 4.69) is 9.97 Å². The minimum Gasteiger partial charge on any atom is -0.454 e. The second kappa shape index (κ2) is 9.68. The zero-order valence-electron chi connectivity index (χ0n) is 21.0. The number of fused-ring (bicyclic) bond motifs is 1.